The van der Waals surface area contributed by atoms with Gasteiger partial charge in [0.1, 0.15) is 0 Å². The molecule has 0 saturated heterocycles. The highest BCUT2D eigenvalue weighted by Gasteiger charge is 2.30. The average Bonchev–Trinajstić information content (AvgIpc) is 2.61. The topological polar surface area (TPSA) is 0 Å². The summed E-state index contributed by atoms with van der Waals surface area (Å²) in [4.78, 5) is 0. The van der Waals surface area contributed by atoms with E-state index in [1.54, 1.807) is 5.56 Å². The highest BCUT2D eigenvalue weighted by atomic mass is 14.4. The first-order valence-corrected chi connectivity index (χ1v) is 9.93. The zero-order valence-corrected chi connectivity index (χ0v) is 15.0. The van der Waals surface area contributed by atoms with Gasteiger partial charge in [-0.2, -0.15) is 0 Å². The van der Waals surface area contributed by atoms with Crippen LogP contribution in [0.15, 0.2) is 36.9 Å². The summed E-state index contributed by atoms with van der Waals surface area (Å²) in [5.41, 5.74) is 2.97. The second kappa shape index (κ2) is 8.18. The lowest BCUT2D eigenvalue weighted by Gasteiger charge is -2.38. The minimum atomic E-state index is 0. The van der Waals surface area contributed by atoms with E-state index in [-0.39, 0.29) is 2.85 Å². The van der Waals surface area contributed by atoms with E-state index in [4.69, 9.17) is 0 Å². The van der Waals surface area contributed by atoms with E-state index in [9.17, 15) is 0 Å². The molecule has 0 unspecified atom stereocenters. The van der Waals surface area contributed by atoms with Crippen LogP contribution in [0, 0.1) is 24.7 Å². The van der Waals surface area contributed by atoms with E-state index in [0.717, 1.165) is 23.7 Å². The Bertz CT molecular complexity index is 477. The van der Waals surface area contributed by atoms with Gasteiger partial charge in [0, 0.05) is 2.85 Å². The number of allylic oxidation sites excluding steroid dienone is 1. The average molecular weight is 315 g/mol. The molecule has 0 nitrogen and oxygen atoms in total. The summed E-state index contributed by atoms with van der Waals surface area (Å²) >= 11 is 0. The lowest BCUT2D eigenvalue weighted by Crippen LogP contribution is -2.25. The largest absolute Gasteiger partial charge is 0.103 e. The van der Waals surface area contributed by atoms with Gasteiger partial charge in [-0.1, -0.05) is 48.7 Å². The molecule has 0 radical (unpaired) electrons. The summed E-state index contributed by atoms with van der Waals surface area (Å²) in [7, 11) is 0. The van der Waals surface area contributed by atoms with Gasteiger partial charge in [-0.25, -0.2) is 0 Å². The molecule has 1 aromatic rings. The van der Waals surface area contributed by atoms with Crippen LogP contribution in [0.2, 0.25) is 0 Å². The molecule has 0 bridgehead atoms. The predicted octanol–water partition coefficient (Wildman–Crippen LogP) is 7.53. The van der Waals surface area contributed by atoms with Crippen LogP contribution < -0.4 is 0 Å². The third-order valence-corrected chi connectivity index (χ3v) is 6.66. The van der Waals surface area contributed by atoms with Gasteiger partial charge in [-0.15, -0.1) is 6.58 Å². The maximum atomic E-state index is 3.87. The van der Waals surface area contributed by atoms with Gasteiger partial charge in [0.25, 0.3) is 0 Å². The Kier molecular flexibility index (Phi) is 5.97. The Morgan fingerprint density at radius 3 is 2.04 bits per heavy atom. The second-order valence-electron chi connectivity index (χ2n) is 8.17. The molecule has 2 aliphatic carbocycles. The molecule has 2 saturated carbocycles. The van der Waals surface area contributed by atoms with E-state index < -0.39 is 0 Å². The quantitative estimate of drug-likeness (QED) is 0.492. The molecular weight excluding hydrogens is 276 g/mol. The molecule has 23 heavy (non-hydrogen) atoms. The Labute approximate surface area is 146 Å². The van der Waals surface area contributed by atoms with Gasteiger partial charge < -0.3 is 0 Å². The highest BCUT2D eigenvalue weighted by molar-refractivity contribution is 5.24. The van der Waals surface area contributed by atoms with Crippen molar-refractivity contribution in [2.75, 3.05) is 0 Å². The number of rotatable bonds is 5. The summed E-state index contributed by atoms with van der Waals surface area (Å²) in [5, 5.41) is 0. The maximum Gasteiger partial charge on any atom is 0 e. The second-order valence-corrected chi connectivity index (χ2v) is 8.17. The number of benzene rings is 1. The molecule has 1 aromatic carbocycles. The van der Waals surface area contributed by atoms with Crippen LogP contribution in [0.25, 0.3) is 0 Å². The van der Waals surface area contributed by atoms with E-state index in [1.807, 2.05) is 0 Å². The van der Waals surface area contributed by atoms with Crippen molar-refractivity contribution in [3.63, 3.8) is 0 Å². The van der Waals surface area contributed by atoms with Crippen LogP contribution in [0.1, 0.15) is 84.1 Å². The molecule has 0 heterocycles. The fraction of sp³-hybridized carbons (Fsp3) is 0.652. The molecule has 0 heteroatoms. The van der Waals surface area contributed by atoms with E-state index in [1.165, 1.54) is 69.8 Å². The van der Waals surface area contributed by atoms with Crippen LogP contribution in [0.4, 0.5) is 0 Å². The number of hydrogen-bond acceptors (Lipinski definition) is 0. The van der Waals surface area contributed by atoms with Gasteiger partial charge in [-0.3, -0.25) is 0 Å². The summed E-state index contributed by atoms with van der Waals surface area (Å²) in [5.74, 6) is 3.88. The standard InChI is InChI=1S/C23H34.2H2/c1-3-4-5-19-8-12-21(13-9-19)23-16-14-22(15-17-23)20-10-6-18(2)7-11-20;;/h3,6-7,10-11,19,21-23H,1,4-5,8-9,12-17H2,2H3;2*1H. The van der Waals surface area contributed by atoms with Crippen LogP contribution in [0.3, 0.4) is 0 Å². The highest BCUT2D eigenvalue weighted by Crippen LogP contribution is 2.44. The zero-order chi connectivity index (χ0) is 16.1. The van der Waals surface area contributed by atoms with Crippen molar-refractivity contribution >= 4 is 0 Å². The zero-order valence-electron chi connectivity index (χ0n) is 15.0. The molecule has 2 fully saturated rings. The monoisotopic (exact) mass is 314 g/mol. The van der Waals surface area contributed by atoms with Crippen molar-refractivity contribution in [3.05, 3.63) is 48.0 Å². The third kappa shape index (κ3) is 4.49. The first-order valence-electron chi connectivity index (χ1n) is 9.93. The van der Waals surface area contributed by atoms with Crippen LogP contribution in [-0.4, -0.2) is 0 Å². The maximum absolute atomic E-state index is 3.87. The summed E-state index contributed by atoms with van der Waals surface area (Å²) in [6.07, 6.45) is 16.5. The lowest BCUT2D eigenvalue weighted by atomic mass is 9.68. The SMILES string of the molecule is C=CCCC1CCC(C2CCC(c3ccc(C)cc3)CC2)CC1.[HH].[HH]. The molecule has 0 aromatic heterocycles. The molecule has 130 valence electrons. The molecule has 0 spiro atoms. The Morgan fingerprint density at radius 1 is 0.913 bits per heavy atom. The summed E-state index contributed by atoms with van der Waals surface area (Å²) < 4.78 is 0. The minimum Gasteiger partial charge on any atom is -0.103 e. The minimum absolute atomic E-state index is 0. The van der Waals surface area contributed by atoms with Gasteiger partial charge >= 0.3 is 0 Å². The molecule has 0 amide bonds. The van der Waals surface area contributed by atoms with Crippen molar-refractivity contribution in [3.8, 4) is 0 Å². The van der Waals surface area contributed by atoms with E-state index in [2.05, 4.69) is 43.8 Å². The molecule has 0 atom stereocenters. The van der Waals surface area contributed by atoms with Gasteiger partial charge in [0.05, 0.1) is 0 Å². The van der Waals surface area contributed by atoms with Crippen LogP contribution in [0.5, 0.6) is 0 Å². The molecule has 3 rings (SSSR count). The van der Waals surface area contributed by atoms with Crippen molar-refractivity contribution in [2.24, 2.45) is 17.8 Å². The Hall–Kier alpha value is -1.04. The number of hydrogen-bond donors (Lipinski definition) is 0. The van der Waals surface area contributed by atoms with E-state index >= 15 is 0 Å². The third-order valence-electron chi connectivity index (χ3n) is 6.66. The lowest BCUT2D eigenvalue weighted by molar-refractivity contribution is 0.157. The van der Waals surface area contributed by atoms with Crippen molar-refractivity contribution in [2.45, 2.75) is 77.0 Å². The number of aryl methyl sites for hydroxylation is 1. The molecular formula is C23H38. The van der Waals surface area contributed by atoms with Gasteiger partial charge in [0.15, 0.2) is 0 Å². The van der Waals surface area contributed by atoms with Gasteiger partial charge in [-0.05, 0) is 87.5 Å². The fourth-order valence-electron chi connectivity index (χ4n) is 5.06. The van der Waals surface area contributed by atoms with Crippen LogP contribution >= 0.6 is 0 Å². The van der Waals surface area contributed by atoms with Crippen molar-refractivity contribution in [1.82, 2.24) is 0 Å². The Balaban J connectivity index is 0.00000156. The van der Waals surface area contributed by atoms with Crippen molar-refractivity contribution < 1.29 is 2.85 Å². The fourth-order valence-corrected chi connectivity index (χ4v) is 5.06. The predicted molar refractivity (Wildman–Crippen MR) is 105 cm³/mol. The molecule has 0 N–H and O–H groups in total. The van der Waals surface area contributed by atoms with Crippen molar-refractivity contribution in [1.29, 1.82) is 0 Å². The molecule has 0 aliphatic heterocycles. The first kappa shape index (κ1) is 16.8. The summed E-state index contributed by atoms with van der Waals surface area (Å²) in [6.45, 7) is 6.06. The molecule has 2 aliphatic rings. The van der Waals surface area contributed by atoms with E-state index in [0.29, 0.717) is 0 Å². The smallest absolute Gasteiger partial charge is 0 e. The normalized spacial score (nSPS) is 31.7. The van der Waals surface area contributed by atoms with Crippen LogP contribution in [-0.2, 0) is 0 Å². The summed E-state index contributed by atoms with van der Waals surface area (Å²) in [6, 6.07) is 9.30. The Morgan fingerprint density at radius 2 is 1.48 bits per heavy atom. The van der Waals surface area contributed by atoms with Gasteiger partial charge in [0.2, 0.25) is 0 Å². The first-order chi connectivity index (χ1) is 11.3.